The molecule has 2 heterocycles. The molecule has 0 spiro atoms. The van der Waals surface area contributed by atoms with Crippen molar-refractivity contribution >= 4 is 28.8 Å². The molecule has 1 aromatic carbocycles. The van der Waals surface area contributed by atoms with E-state index in [-0.39, 0.29) is 11.3 Å². The first-order chi connectivity index (χ1) is 14.4. The summed E-state index contributed by atoms with van der Waals surface area (Å²) in [5.41, 5.74) is 0.596. The number of rotatable bonds is 9. The van der Waals surface area contributed by atoms with Crippen molar-refractivity contribution in [3.8, 4) is 5.75 Å². The Morgan fingerprint density at radius 1 is 1.20 bits per heavy atom. The number of aliphatic hydroxyl groups excluding tert-OH is 1. The summed E-state index contributed by atoms with van der Waals surface area (Å²) in [6.07, 6.45) is 0.604. The van der Waals surface area contributed by atoms with Crippen LogP contribution in [0.2, 0.25) is 0 Å². The number of aliphatic hydroxyl groups is 1. The van der Waals surface area contributed by atoms with E-state index in [2.05, 4.69) is 13.8 Å². The fourth-order valence-corrected chi connectivity index (χ4v) is 4.21. The van der Waals surface area contributed by atoms with Crippen LogP contribution in [0.1, 0.15) is 36.8 Å². The van der Waals surface area contributed by atoms with Crippen LogP contribution in [-0.2, 0) is 14.3 Å². The first kappa shape index (κ1) is 22.1. The van der Waals surface area contributed by atoms with Crippen LogP contribution in [0.25, 0.3) is 5.76 Å². The van der Waals surface area contributed by atoms with E-state index < -0.39 is 17.7 Å². The summed E-state index contributed by atoms with van der Waals surface area (Å²) < 4.78 is 10.8. The molecule has 1 aliphatic rings. The van der Waals surface area contributed by atoms with Crippen molar-refractivity contribution in [3.63, 3.8) is 0 Å². The van der Waals surface area contributed by atoms with Gasteiger partial charge in [0.15, 0.2) is 0 Å². The second-order valence-corrected chi connectivity index (χ2v) is 8.56. The third-order valence-corrected chi connectivity index (χ3v) is 5.74. The summed E-state index contributed by atoms with van der Waals surface area (Å²) in [4.78, 5) is 27.9. The maximum Gasteiger partial charge on any atom is 0.295 e. The monoisotopic (exact) mass is 429 g/mol. The number of ether oxygens (including phenoxy) is 2. The van der Waals surface area contributed by atoms with Gasteiger partial charge in [-0.05, 0) is 48.1 Å². The number of hydrogen-bond donors (Lipinski definition) is 1. The van der Waals surface area contributed by atoms with Gasteiger partial charge in [0, 0.05) is 30.7 Å². The molecule has 0 unspecified atom stereocenters. The Balaban J connectivity index is 1.95. The number of hydrogen-bond acceptors (Lipinski definition) is 6. The molecule has 3 rings (SSSR count). The van der Waals surface area contributed by atoms with Gasteiger partial charge >= 0.3 is 0 Å². The van der Waals surface area contributed by atoms with Gasteiger partial charge in [-0.25, -0.2) is 0 Å². The molecule has 160 valence electrons. The molecule has 1 aromatic heterocycles. The van der Waals surface area contributed by atoms with E-state index in [9.17, 15) is 14.7 Å². The maximum atomic E-state index is 12.9. The molecule has 1 fully saturated rings. The van der Waals surface area contributed by atoms with Crippen molar-refractivity contribution in [3.05, 3.63) is 57.8 Å². The fraction of sp³-hybridized carbons (Fsp3) is 0.391. The lowest BCUT2D eigenvalue weighted by atomic mass is 10.00. The van der Waals surface area contributed by atoms with Gasteiger partial charge in [0.05, 0.1) is 18.2 Å². The lowest BCUT2D eigenvalue weighted by Gasteiger charge is -2.24. The van der Waals surface area contributed by atoms with Gasteiger partial charge in [-0.3, -0.25) is 9.59 Å². The highest BCUT2D eigenvalue weighted by atomic mass is 32.1. The van der Waals surface area contributed by atoms with Gasteiger partial charge in [0.25, 0.3) is 11.7 Å². The minimum Gasteiger partial charge on any atom is -0.507 e. The minimum atomic E-state index is -0.663. The Bertz CT molecular complexity index is 902. The third-order valence-electron chi connectivity index (χ3n) is 4.81. The summed E-state index contributed by atoms with van der Waals surface area (Å²) in [7, 11) is 1.60. The molecule has 0 radical (unpaired) electrons. The zero-order valence-electron chi connectivity index (χ0n) is 17.5. The van der Waals surface area contributed by atoms with E-state index in [0.717, 1.165) is 4.88 Å². The summed E-state index contributed by atoms with van der Waals surface area (Å²) in [5.74, 6) is -0.337. The normalized spacial score (nSPS) is 18.4. The number of likely N-dealkylation sites (tertiary alicyclic amines) is 1. The Labute approximate surface area is 180 Å². The van der Waals surface area contributed by atoms with Gasteiger partial charge in [-0.2, -0.15) is 0 Å². The molecule has 1 amide bonds. The van der Waals surface area contributed by atoms with Gasteiger partial charge in [0.1, 0.15) is 11.5 Å². The molecular formula is C23H27NO5S. The van der Waals surface area contributed by atoms with Crippen LogP contribution < -0.4 is 4.74 Å². The Morgan fingerprint density at radius 3 is 2.53 bits per heavy atom. The van der Waals surface area contributed by atoms with Crippen LogP contribution >= 0.6 is 11.3 Å². The molecule has 0 saturated carbocycles. The third kappa shape index (κ3) is 4.74. The minimum absolute atomic E-state index is 0.121. The van der Waals surface area contributed by atoms with Crippen molar-refractivity contribution in [2.45, 2.75) is 26.3 Å². The van der Waals surface area contributed by atoms with Crippen LogP contribution in [0.4, 0.5) is 0 Å². The number of carbonyl (C=O) groups is 2. The Hall–Kier alpha value is -2.64. The lowest BCUT2D eigenvalue weighted by Crippen LogP contribution is -2.31. The average molecular weight is 430 g/mol. The molecule has 0 bridgehead atoms. The molecule has 1 aliphatic heterocycles. The number of nitrogens with zero attached hydrogens (tertiary/aromatic N) is 1. The van der Waals surface area contributed by atoms with Crippen LogP contribution in [-0.4, -0.2) is 48.6 Å². The molecule has 6 nitrogen and oxygen atoms in total. The van der Waals surface area contributed by atoms with Crippen molar-refractivity contribution in [2.75, 3.05) is 26.9 Å². The summed E-state index contributed by atoms with van der Waals surface area (Å²) in [6, 6.07) is 10.1. The highest BCUT2D eigenvalue weighted by molar-refractivity contribution is 7.10. The highest BCUT2D eigenvalue weighted by Gasteiger charge is 2.46. The molecule has 30 heavy (non-hydrogen) atoms. The first-order valence-corrected chi connectivity index (χ1v) is 10.9. The van der Waals surface area contributed by atoms with E-state index in [1.807, 2.05) is 17.5 Å². The predicted octanol–water partition coefficient (Wildman–Crippen LogP) is 4.24. The number of ketones is 1. The van der Waals surface area contributed by atoms with Crippen LogP contribution in [0.15, 0.2) is 47.4 Å². The summed E-state index contributed by atoms with van der Waals surface area (Å²) in [5, 5.41) is 12.9. The largest absolute Gasteiger partial charge is 0.507 e. The number of thiophene rings is 1. The zero-order valence-corrected chi connectivity index (χ0v) is 18.3. The van der Waals surface area contributed by atoms with E-state index in [1.54, 1.807) is 31.4 Å². The number of amides is 1. The number of carbonyl (C=O) groups excluding carboxylic acids is 2. The van der Waals surface area contributed by atoms with Crippen molar-refractivity contribution in [2.24, 2.45) is 5.92 Å². The number of Topliss-reactive ketones (excluding diaryl/α,β-unsaturated/α-hetero) is 1. The first-order valence-electron chi connectivity index (χ1n) is 9.98. The quantitative estimate of drug-likeness (QED) is 0.279. The van der Waals surface area contributed by atoms with Crippen LogP contribution in [0.3, 0.4) is 0 Å². The van der Waals surface area contributed by atoms with Gasteiger partial charge in [-0.15, -0.1) is 11.3 Å². The van der Waals surface area contributed by atoms with Crippen LogP contribution in [0.5, 0.6) is 5.75 Å². The molecule has 1 N–H and O–H groups in total. The molecule has 1 atom stereocenters. The van der Waals surface area contributed by atoms with Gasteiger partial charge in [0.2, 0.25) is 0 Å². The van der Waals surface area contributed by atoms with E-state index in [4.69, 9.17) is 9.47 Å². The Morgan fingerprint density at radius 2 is 1.93 bits per heavy atom. The van der Waals surface area contributed by atoms with E-state index >= 15 is 0 Å². The molecule has 1 saturated heterocycles. The fourth-order valence-electron chi connectivity index (χ4n) is 3.36. The van der Waals surface area contributed by atoms with Crippen molar-refractivity contribution < 1.29 is 24.2 Å². The van der Waals surface area contributed by atoms with E-state index in [0.29, 0.717) is 43.4 Å². The summed E-state index contributed by atoms with van der Waals surface area (Å²) in [6.45, 7) is 5.58. The zero-order chi connectivity index (χ0) is 21.7. The number of benzene rings is 1. The standard InChI is InChI=1S/C23H27NO5S/c1-15(2)14-29-17-9-7-16(8-10-17)21(25)19-20(18-6-4-13-30-18)24(11-5-12-28-3)23(27)22(19)26/h4,6-10,13,15,20,25H,5,11-12,14H2,1-3H3/b21-19+/t20-/m0/s1. The number of methoxy groups -OCH3 is 1. The van der Waals surface area contributed by atoms with Gasteiger partial charge < -0.3 is 19.5 Å². The van der Waals surface area contributed by atoms with E-state index in [1.165, 1.54) is 16.2 Å². The SMILES string of the molecule is COCCCN1C(=O)C(=O)/C(=C(/O)c2ccc(OCC(C)C)cc2)[C@@H]1c1cccs1. The van der Waals surface area contributed by atoms with Gasteiger partial charge in [-0.1, -0.05) is 19.9 Å². The second-order valence-electron chi connectivity index (χ2n) is 7.58. The lowest BCUT2D eigenvalue weighted by molar-refractivity contribution is -0.140. The maximum absolute atomic E-state index is 12.9. The van der Waals surface area contributed by atoms with Crippen LogP contribution in [0, 0.1) is 5.92 Å². The highest BCUT2D eigenvalue weighted by Crippen LogP contribution is 2.41. The predicted molar refractivity (Wildman–Crippen MR) is 117 cm³/mol. The average Bonchev–Trinajstić information content (AvgIpc) is 3.35. The molecule has 7 heteroatoms. The molecule has 2 aromatic rings. The summed E-state index contributed by atoms with van der Waals surface area (Å²) >= 11 is 1.45. The van der Waals surface area contributed by atoms with Crippen molar-refractivity contribution in [1.29, 1.82) is 0 Å². The molecule has 0 aliphatic carbocycles. The second kappa shape index (κ2) is 9.91. The molecular weight excluding hydrogens is 402 g/mol. The Kier molecular flexibility index (Phi) is 7.29. The topological polar surface area (TPSA) is 76.1 Å². The smallest absolute Gasteiger partial charge is 0.295 e. The van der Waals surface area contributed by atoms with Crippen molar-refractivity contribution in [1.82, 2.24) is 4.90 Å².